The molecule has 0 radical (unpaired) electrons. The fourth-order valence-electron chi connectivity index (χ4n) is 3.20. The fraction of sp³-hybridized carbons (Fsp3) is 0.333. The molecule has 1 fully saturated rings. The van der Waals surface area contributed by atoms with E-state index in [-0.39, 0.29) is 0 Å². The van der Waals surface area contributed by atoms with Gasteiger partial charge in [-0.3, -0.25) is 9.30 Å². The van der Waals surface area contributed by atoms with Crippen molar-refractivity contribution < 1.29 is 4.74 Å². The van der Waals surface area contributed by atoms with Crippen LogP contribution in [-0.4, -0.2) is 38.5 Å². The number of nitrogens with zero attached hydrogens (tertiary/aromatic N) is 4. The van der Waals surface area contributed by atoms with Crippen LogP contribution in [0.3, 0.4) is 0 Å². The number of ether oxygens (including phenoxy) is 1. The van der Waals surface area contributed by atoms with Gasteiger partial charge in [-0.05, 0) is 37.6 Å². The third-order valence-corrected chi connectivity index (χ3v) is 4.41. The van der Waals surface area contributed by atoms with Gasteiger partial charge < -0.3 is 4.74 Å². The lowest BCUT2D eigenvalue weighted by atomic mass is 10.2. The van der Waals surface area contributed by atoms with Gasteiger partial charge in [0.1, 0.15) is 12.4 Å². The molecule has 4 rings (SSSR count). The summed E-state index contributed by atoms with van der Waals surface area (Å²) in [6.45, 7) is 2.73. The predicted molar refractivity (Wildman–Crippen MR) is 88.4 cm³/mol. The molecule has 0 aliphatic carbocycles. The molecule has 0 saturated carbocycles. The molecule has 0 unspecified atom stereocenters. The molecule has 1 atom stereocenters. The van der Waals surface area contributed by atoms with Crippen LogP contribution in [0.25, 0.3) is 5.78 Å². The minimum Gasteiger partial charge on any atom is -0.492 e. The molecule has 0 bridgehead atoms. The van der Waals surface area contributed by atoms with Crippen LogP contribution in [0.4, 0.5) is 0 Å². The van der Waals surface area contributed by atoms with Gasteiger partial charge in [0.15, 0.2) is 0 Å². The summed E-state index contributed by atoms with van der Waals surface area (Å²) in [6.07, 6.45) is 8.13. The number of hydrogen-bond donors (Lipinski definition) is 0. The Balaban J connectivity index is 1.43. The van der Waals surface area contributed by atoms with E-state index in [1.54, 1.807) is 6.20 Å². The highest BCUT2D eigenvalue weighted by Gasteiger charge is 2.26. The Kier molecular flexibility index (Phi) is 3.94. The van der Waals surface area contributed by atoms with Gasteiger partial charge in [0, 0.05) is 25.0 Å². The van der Waals surface area contributed by atoms with Gasteiger partial charge in [-0.25, -0.2) is 9.97 Å². The van der Waals surface area contributed by atoms with Crippen LogP contribution in [0.1, 0.15) is 18.5 Å². The Labute approximate surface area is 135 Å². The topological polar surface area (TPSA) is 42.7 Å². The average Bonchev–Trinajstić information content (AvgIpc) is 3.22. The van der Waals surface area contributed by atoms with Crippen LogP contribution in [0, 0.1) is 0 Å². The van der Waals surface area contributed by atoms with Gasteiger partial charge in [-0.15, -0.1) is 0 Å². The van der Waals surface area contributed by atoms with E-state index in [1.165, 1.54) is 18.5 Å². The minimum atomic E-state index is 0.456. The molecule has 5 heteroatoms. The van der Waals surface area contributed by atoms with Gasteiger partial charge >= 0.3 is 0 Å². The van der Waals surface area contributed by atoms with E-state index in [4.69, 9.17) is 4.74 Å². The third-order valence-electron chi connectivity index (χ3n) is 4.41. The van der Waals surface area contributed by atoms with Crippen LogP contribution in [0.5, 0.6) is 5.75 Å². The van der Waals surface area contributed by atoms with E-state index in [9.17, 15) is 0 Å². The van der Waals surface area contributed by atoms with Crippen molar-refractivity contribution in [3.05, 3.63) is 60.7 Å². The minimum absolute atomic E-state index is 0.456. The summed E-state index contributed by atoms with van der Waals surface area (Å²) < 4.78 is 8.01. The van der Waals surface area contributed by atoms with Crippen LogP contribution in [0.15, 0.2) is 55.0 Å². The SMILES string of the molecule is c1ccc(OC[C@H]2CCCN2Cc2cnc3ncccn23)cc1. The largest absolute Gasteiger partial charge is 0.492 e. The summed E-state index contributed by atoms with van der Waals surface area (Å²) in [5, 5.41) is 0. The van der Waals surface area contributed by atoms with Crippen molar-refractivity contribution in [2.45, 2.75) is 25.4 Å². The molecule has 5 nitrogen and oxygen atoms in total. The lowest BCUT2D eigenvalue weighted by molar-refractivity contribution is 0.165. The van der Waals surface area contributed by atoms with Gasteiger partial charge in [-0.1, -0.05) is 18.2 Å². The molecule has 118 valence electrons. The Bertz CT molecular complexity index is 771. The highest BCUT2D eigenvalue weighted by molar-refractivity contribution is 5.30. The number of imidazole rings is 1. The molecule has 0 N–H and O–H groups in total. The first-order chi connectivity index (χ1) is 11.4. The Morgan fingerprint density at radius 3 is 2.96 bits per heavy atom. The molecular weight excluding hydrogens is 288 g/mol. The number of aromatic nitrogens is 3. The lowest BCUT2D eigenvalue weighted by Gasteiger charge is -2.24. The van der Waals surface area contributed by atoms with Gasteiger partial charge in [0.2, 0.25) is 5.78 Å². The van der Waals surface area contributed by atoms with E-state index >= 15 is 0 Å². The van der Waals surface area contributed by atoms with E-state index in [2.05, 4.69) is 19.3 Å². The zero-order chi connectivity index (χ0) is 15.5. The normalized spacial score (nSPS) is 18.5. The maximum absolute atomic E-state index is 5.95. The highest BCUT2D eigenvalue weighted by atomic mass is 16.5. The number of likely N-dealkylation sites (tertiary alicyclic amines) is 1. The molecule has 2 aromatic heterocycles. The first-order valence-corrected chi connectivity index (χ1v) is 8.09. The van der Waals surface area contributed by atoms with E-state index in [0.29, 0.717) is 6.04 Å². The fourth-order valence-corrected chi connectivity index (χ4v) is 3.20. The second-order valence-corrected chi connectivity index (χ2v) is 5.93. The Morgan fingerprint density at radius 2 is 2.04 bits per heavy atom. The van der Waals surface area contributed by atoms with Crippen molar-refractivity contribution in [2.24, 2.45) is 0 Å². The van der Waals surface area contributed by atoms with Crippen LogP contribution in [-0.2, 0) is 6.54 Å². The summed E-state index contributed by atoms with van der Waals surface area (Å²) in [6, 6.07) is 12.4. The summed E-state index contributed by atoms with van der Waals surface area (Å²) in [5.74, 6) is 1.71. The van der Waals surface area contributed by atoms with Crippen LogP contribution < -0.4 is 4.74 Å². The monoisotopic (exact) mass is 308 g/mol. The molecular formula is C18H20N4O. The highest BCUT2D eigenvalue weighted by Crippen LogP contribution is 2.21. The van der Waals surface area contributed by atoms with Crippen molar-refractivity contribution in [1.82, 2.24) is 19.3 Å². The molecule has 1 saturated heterocycles. The molecule has 1 aliphatic rings. The summed E-state index contributed by atoms with van der Waals surface area (Å²) >= 11 is 0. The summed E-state index contributed by atoms with van der Waals surface area (Å²) in [7, 11) is 0. The molecule has 3 heterocycles. The zero-order valence-electron chi connectivity index (χ0n) is 13.0. The number of fused-ring (bicyclic) bond motifs is 1. The Morgan fingerprint density at radius 1 is 1.13 bits per heavy atom. The first-order valence-electron chi connectivity index (χ1n) is 8.09. The molecule has 1 aromatic carbocycles. The molecule has 0 amide bonds. The van der Waals surface area contributed by atoms with Gasteiger partial charge in [0.05, 0.1) is 11.9 Å². The van der Waals surface area contributed by atoms with Crippen molar-refractivity contribution in [1.29, 1.82) is 0 Å². The summed E-state index contributed by atoms with van der Waals surface area (Å²) in [4.78, 5) is 11.1. The standard InChI is InChI=1S/C18H20N4O/c1-2-7-17(8-3-1)23-14-15-6-4-10-21(15)13-16-12-20-18-19-9-5-11-22(16)18/h1-3,5,7-9,11-12,15H,4,6,10,13-14H2/t15-/m1/s1. The van der Waals surface area contributed by atoms with Crippen molar-refractivity contribution in [3.63, 3.8) is 0 Å². The smallest absolute Gasteiger partial charge is 0.233 e. The molecule has 23 heavy (non-hydrogen) atoms. The maximum atomic E-state index is 5.95. The number of para-hydroxylation sites is 1. The van der Waals surface area contributed by atoms with Crippen molar-refractivity contribution in [3.8, 4) is 5.75 Å². The van der Waals surface area contributed by atoms with E-state index < -0.39 is 0 Å². The molecule has 0 spiro atoms. The van der Waals surface area contributed by atoms with Crippen molar-refractivity contribution >= 4 is 5.78 Å². The first kappa shape index (κ1) is 14.2. The van der Waals surface area contributed by atoms with E-state index in [1.807, 2.05) is 48.8 Å². The van der Waals surface area contributed by atoms with Crippen LogP contribution in [0.2, 0.25) is 0 Å². The molecule has 3 aromatic rings. The third kappa shape index (κ3) is 3.05. The number of hydrogen-bond acceptors (Lipinski definition) is 4. The zero-order valence-corrected chi connectivity index (χ0v) is 13.0. The number of rotatable bonds is 5. The van der Waals surface area contributed by atoms with Crippen LogP contribution >= 0.6 is 0 Å². The average molecular weight is 308 g/mol. The number of benzene rings is 1. The predicted octanol–water partition coefficient (Wildman–Crippen LogP) is 2.77. The quantitative estimate of drug-likeness (QED) is 0.727. The Hall–Kier alpha value is -2.40. The second-order valence-electron chi connectivity index (χ2n) is 5.93. The summed E-state index contributed by atoms with van der Waals surface area (Å²) in [5.41, 5.74) is 1.18. The maximum Gasteiger partial charge on any atom is 0.233 e. The molecule has 1 aliphatic heterocycles. The van der Waals surface area contributed by atoms with E-state index in [0.717, 1.165) is 31.2 Å². The lowest BCUT2D eigenvalue weighted by Crippen LogP contribution is -2.34. The second kappa shape index (κ2) is 6.38. The van der Waals surface area contributed by atoms with Gasteiger partial charge in [-0.2, -0.15) is 0 Å². The van der Waals surface area contributed by atoms with Gasteiger partial charge in [0.25, 0.3) is 0 Å². The van der Waals surface area contributed by atoms with Crippen molar-refractivity contribution in [2.75, 3.05) is 13.2 Å².